The topological polar surface area (TPSA) is 33.1 Å². The fraction of sp³-hybridized carbons (Fsp3) is 0.812. The second-order valence-corrected chi connectivity index (χ2v) is 7.06. The molecule has 20 heavy (non-hydrogen) atoms. The Morgan fingerprint density at radius 2 is 2.15 bits per heavy atom. The fourth-order valence-electron chi connectivity index (χ4n) is 2.85. The number of nitrogens with zero attached hydrogens (tertiary/aromatic N) is 3. The lowest BCUT2D eigenvalue weighted by atomic mass is 10.0. The Hall–Kier alpha value is -0.870. The van der Waals surface area contributed by atoms with E-state index >= 15 is 0 Å². The summed E-state index contributed by atoms with van der Waals surface area (Å²) in [6.45, 7) is 9.76. The van der Waals surface area contributed by atoms with Crippen LogP contribution in [0, 0.1) is 0 Å². The number of likely N-dealkylation sites (tertiary alicyclic amines) is 1. The third-order valence-corrected chi connectivity index (χ3v) is 4.20. The molecule has 1 saturated heterocycles. The first-order valence-electron chi connectivity index (χ1n) is 7.91. The molecule has 1 aliphatic heterocycles. The molecule has 0 aliphatic carbocycles. The number of nitrogens with one attached hydrogen (secondary N) is 1. The largest absolute Gasteiger partial charge is 0.334 e. The van der Waals surface area contributed by atoms with Crippen molar-refractivity contribution in [2.75, 3.05) is 13.6 Å². The van der Waals surface area contributed by atoms with Crippen molar-refractivity contribution in [2.24, 2.45) is 0 Å². The first-order chi connectivity index (χ1) is 9.46. The van der Waals surface area contributed by atoms with Crippen molar-refractivity contribution in [2.45, 2.75) is 71.1 Å². The highest BCUT2D eigenvalue weighted by atomic mass is 15.1. The summed E-state index contributed by atoms with van der Waals surface area (Å²) in [6, 6.07) is 0.745. The summed E-state index contributed by atoms with van der Waals surface area (Å²) in [5, 5.41) is 3.52. The Labute approximate surface area is 123 Å². The molecule has 0 spiro atoms. The Kier molecular flexibility index (Phi) is 5.22. The molecule has 1 aromatic rings. The zero-order valence-corrected chi connectivity index (χ0v) is 13.5. The molecule has 1 atom stereocenters. The van der Waals surface area contributed by atoms with E-state index in [1.165, 1.54) is 32.2 Å². The van der Waals surface area contributed by atoms with E-state index in [-0.39, 0.29) is 5.54 Å². The van der Waals surface area contributed by atoms with Crippen molar-refractivity contribution in [1.82, 2.24) is 19.8 Å². The third kappa shape index (κ3) is 4.60. The zero-order chi connectivity index (χ0) is 14.6. The number of aryl methyl sites for hydroxylation is 1. The Balaban J connectivity index is 1.85. The van der Waals surface area contributed by atoms with Gasteiger partial charge in [-0.25, -0.2) is 4.98 Å². The molecule has 0 bridgehead atoms. The average molecular weight is 278 g/mol. The van der Waals surface area contributed by atoms with E-state index in [4.69, 9.17) is 0 Å². The highest BCUT2D eigenvalue weighted by molar-refractivity contribution is 4.93. The Bertz CT molecular complexity index is 405. The molecule has 1 unspecified atom stereocenters. The highest BCUT2D eigenvalue weighted by Crippen LogP contribution is 2.18. The van der Waals surface area contributed by atoms with Crippen molar-refractivity contribution in [3.05, 3.63) is 18.2 Å². The first-order valence-corrected chi connectivity index (χ1v) is 7.91. The molecular weight excluding hydrogens is 248 g/mol. The molecule has 1 fully saturated rings. The summed E-state index contributed by atoms with van der Waals surface area (Å²) < 4.78 is 2.31. The third-order valence-electron chi connectivity index (χ3n) is 4.20. The number of hydrogen-bond donors (Lipinski definition) is 1. The molecule has 0 aromatic carbocycles. The van der Waals surface area contributed by atoms with Crippen molar-refractivity contribution in [1.29, 1.82) is 0 Å². The van der Waals surface area contributed by atoms with Gasteiger partial charge in [0.15, 0.2) is 0 Å². The minimum Gasteiger partial charge on any atom is -0.334 e. The molecule has 0 amide bonds. The van der Waals surface area contributed by atoms with Gasteiger partial charge < -0.3 is 14.8 Å². The van der Waals surface area contributed by atoms with Crippen LogP contribution in [0.5, 0.6) is 0 Å². The average Bonchev–Trinajstić information content (AvgIpc) is 2.82. The van der Waals surface area contributed by atoms with Crippen molar-refractivity contribution in [3.63, 3.8) is 0 Å². The quantitative estimate of drug-likeness (QED) is 0.899. The number of hydrogen-bond acceptors (Lipinski definition) is 3. The van der Waals surface area contributed by atoms with E-state index in [1.807, 2.05) is 6.20 Å². The number of rotatable bonds is 5. The maximum atomic E-state index is 4.49. The molecule has 4 heteroatoms. The van der Waals surface area contributed by atoms with Gasteiger partial charge in [0.05, 0.1) is 6.54 Å². The normalized spacial score (nSPS) is 21.3. The van der Waals surface area contributed by atoms with Gasteiger partial charge in [-0.2, -0.15) is 0 Å². The Morgan fingerprint density at radius 3 is 2.85 bits per heavy atom. The zero-order valence-electron chi connectivity index (χ0n) is 13.5. The number of piperidine rings is 1. The van der Waals surface area contributed by atoms with E-state index in [0.717, 1.165) is 25.0 Å². The van der Waals surface area contributed by atoms with Crippen LogP contribution in [0.15, 0.2) is 12.4 Å². The minimum atomic E-state index is 0.139. The maximum Gasteiger partial charge on any atom is 0.122 e. The van der Waals surface area contributed by atoms with Gasteiger partial charge in [0.25, 0.3) is 0 Å². The van der Waals surface area contributed by atoms with Crippen LogP contribution in [0.4, 0.5) is 0 Å². The first kappa shape index (κ1) is 15.5. The summed E-state index contributed by atoms with van der Waals surface area (Å²) >= 11 is 0. The standard InChI is InChI=1S/C16H30N4/c1-16(2,3)18-13-15-17-9-12-20(15)11-8-14-7-5-6-10-19(14)4/h9,12,14,18H,5-8,10-11,13H2,1-4H3. The molecule has 0 saturated carbocycles. The molecule has 1 aromatic heterocycles. The van der Waals surface area contributed by atoms with Crippen LogP contribution in [0.3, 0.4) is 0 Å². The van der Waals surface area contributed by atoms with E-state index < -0.39 is 0 Å². The summed E-state index contributed by atoms with van der Waals surface area (Å²) in [5.41, 5.74) is 0.139. The molecule has 0 radical (unpaired) electrons. The molecular formula is C16H30N4. The predicted octanol–water partition coefficient (Wildman–Crippen LogP) is 2.65. The van der Waals surface area contributed by atoms with Gasteiger partial charge >= 0.3 is 0 Å². The predicted molar refractivity (Wildman–Crippen MR) is 83.7 cm³/mol. The van der Waals surface area contributed by atoms with Gasteiger partial charge in [0, 0.05) is 30.5 Å². The molecule has 1 aliphatic rings. The van der Waals surface area contributed by atoms with E-state index in [1.54, 1.807) is 0 Å². The lowest BCUT2D eigenvalue weighted by Crippen LogP contribution is -2.37. The highest BCUT2D eigenvalue weighted by Gasteiger charge is 2.19. The smallest absolute Gasteiger partial charge is 0.122 e. The van der Waals surface area contributed by atoms with Crippen LogP contribution in [0.2, 0.25) is 0 Å². The monoisotopic (exact) mass is 278 g/mol. The Morgan fingerprint density at radius 1 is 1.35 bits per heavy atom. The van der Waals surface area contributed by atoms with Gasteiger partial charge in [-0.3, -0.25) is 0 Å². The van der Waals surface area contributed by atoms with Crippen LogP contribution in [-0.4, -0.2) is 39.6 Å². The van der Waals surface area contributed by atoms with Gasteiger partial charge in [0.2, 0.25) is 0 Å². The number of aromatic nitrogens is 2. The van der Waals surface area contributed by atoms with Crippen LogP contribution in [0.25, 0.3) is 0 Å². The summed E-state index contributed by atoms with van der Waals surface area (Å²) in [7, 11) is 2.26. The van der Waals surface area contributed by atoms with Crippen molar-refractivity contribution >= 4 is 0 Å². The SMILES string of the molecule is CN1CCCCC1CCn1ccnc1CNC(C)(C)C. The van der Waals surface area contributed by atoms with Crippen LogP contribution in [-0.2, 0) is 13.1 Å². The molecule has 114 valence electrons. The van der Waals surface area contributed by atoms with E-state index in [0.29, 0.717) is 0 Å². The maximum absolute atomic E-state index is 4.49. The van der Waals surface area contributed by atoms with E-state index in [9.17, 15) is 0 Å². The van der Waals surface area contributed by atoms with Gasteiger partial charge in [-0.1, -0.05) is 6.42 Å². The second-order valence-electron chi connectivity index (χ2n) is 7.06. The molecule has 2 heterocycles. The summed E-state index contributed by atoms with van der Waals surface area (Å²) in [5.74, 6) is 1.15. The minimum absolute atomic E-state index is 0.139. The van der Waals surface area contributed by atoms with Gasteiger partial charge in [0.1, 0.15) is 5.82 Å². The second kappa shape index (κ2) is 6.72. The molecule has 4 nitrogen and oxygen atoms in total. The lowest BCUT2D eigenvalue weighted by Gasteiger charge is -2.32. The van der Waals surface area contributed by atoms with Crippen LogP contribution >= 0.6 is 0 Å². The molecule has 2 rings (SSSR count). The van der Waals surface area contributed by atoms with Crippen LogP contribution < -0.4 is 5.32 Å². The number of imidazole rings is 1. The fourth-order valence-corrected chi connectivity index (χ4v) is 2.85. The van der Waals surface area contributed by atoms with E-state index in [2.05, 4.69) is 53.8 Å². The van der Waals surface area contributed by atoms with Gasteiger partial charge in [-0.05, 0) is 53.6 Å². The van der Waals surface area contributed by atoms with Gasteiger partial charge in [-0.15, -0.1) is 0 Å². The summed E-state index contributed by atoms with van der Waals surface area (Å²) in [4.78, 5) is 7.01. The summed E-state index contributed by atoms with van der Waals surface area (Å²) in [6.07, 6.45) is 9.36. The van der Waals surface area contributed by atoms with Crippen molar-refractivity contribution < 1.29 is 0 Å². The molecule has 1 N–H and O–H groups in total. The lowest BCUT2D eigenvalue weighted by molar-refractivity contribution is 0.170. The van der Waals surface area contributed by atoms with Crippen LogP contribution in [0.1, 0.15) is 52.3 Å². The van der Waals surface area contributed by atoms with Crippen molar-refractivity contribution in [3.8, 4) is 0 Å².